The molecule has 0 aliphatic heterocycles. The predicted octanol–water partition coefficient (Wildman–Crippen LogP) is 3.03. The Morgan fingerprint density at radius 1 is 1.57 bits per heavy atom. The highest BCUT2D eigenvalue weighted by molar-refractivity contribution is 6.18. The molecule has 0 amide bonds. The first-order valence-corrected chi connectivity index (χ1v) is 5.79. The lowest BCUT2D eigenvalue weighted by molar-refractivity contribution is 0.508. The molecule has 0 N–H and O–H groups in total. The van der Waals surface area contributed by atoms with E-state index in [4.69, 9.17) is 11.6 Å². The van der Waals surface area contributed by atoms with E-state index in [0.29, 0.717) is 11.5 Å². The van der Waals surface area contributed by atoms with Gasteiger partial charge in [0.1, 0.15) is 0 Å². The molecule has 1 aliphatic rings. The van der Waals surface area contributed by atoms with Crippen LogP contribution in [0.2, 0.25) is 0 Å². The first kappa shape index (κ1) is 10.0. The summed E-state index contributed by atoms with van der Waals surface area (Å²) in [5, 5.41) is 4.54. The average molecular weight is 213 g/mol. The molecular formula is C11H17ClN2. The van der Waals surface area contributed by atoms with Gasteiger partial charge in [-0.1, -0.05) is 0 Å². The first-order chi connectivity index (χ1) is 6.65. The lowest BCUT2D eigenvalue weighted by atomic mass is 10.0. The van der Waals surface area contributed by atoms with Gasteiger partial charge in [-0.25, -0.2) is 0 Å². The third-order valence-electron chi connectivity index (χ3n) is 2.99. The van der Waals surface area contributed by atoms with Crippen LogP contribution in [0.3, 0.4) is 0 Å². The van der Waals surface area contributed by atoms with Crippen molar-refractivity contribution in [2.45, 2.75) is 39.2 Å². The number of aromatic nitrogens is 2. The van der Waals surface area contributed by atoms with E-state index in [0.717, 1.165) is 12.3 Å². The highest BCUT2D eigenvalue weighted by atomic mass is 35.5. The van der Waals surface area contributed by atoms with Gasteiger partial charge in [-0.15, -0.1) is 11.6 Å². The summed E-state index contributed by atoms with van der Waals surface area (Å²) in [5.41, 5.74) is 1.58. The van der Waals surface area contributed by atoms with Crippen molar-refractivity contribution in [3.8, 4) is 0 Å². The third-order valence-corrected chi connectivity index (χ3v) is 3.56. The first-order valence-electron chi connectivity index (χ1n) is 5.25. The monoisotopic (exact) mass is 212 g/mol. The molecule has 0 bridgehead atoms. The Morgan fingerprint density at radius 3 is 2.71 bits per heavy atom. The van der Waals surface area contributed by atoms with Gasteiger partial charge >= 0.3 is 0 Å². The molecule has 14 heavy (non-hydrogen) atoms. The Kier molecular flexibility index (Phi) is 2.56. The molecule has 0 atom stereocenters. The fourth-order valence-electron chi connectivity index (χ4n) is 1.68. The molecule has 0 spiro atoms. The highest BCUT2D eigenvalue weighted by Gasteiger charge is 2.42. The number of halogens is 1. The molecular weight excluding hydrogens is 196 g/mol. The van der Waals surface area contributed by atoms with Crippen LogP contribution >= 0.6 is 11.6 Å². The largest absolute Gasteiger partial charge is 0.270 e. The van der Waals surface area contributed by atoms with Gasteiger partial charge < -0.3 is 0 Å². The van der Waals surface area contributed by atoms with E-state index < -0.39 is 0 Å². The van der Waals surface area contributed by atoms with Crippen molar-refractivity contribution < 1.29 is 0 Å². The lowest BCUT2D eigenvalue weighted by Gasteiger charge is -2.08. The van der Waals surface area contributed by atoms with Crippen molar-refractivity contribution in [2.24, 2.45) is 5.41 Å². The maximum Gasteiger partial charge on any atom is 0.0630 e. The summed E-state index contributed by atoms with van der Waals surface area (Å²) in [6, 6.07) is 2.57. The standard InChI is InChI=1S/C11H17ClN2/c1-9(2)14-6-3-10(13-14)7-11(8-12)4-5-11/h3,6,9H,4-5,7-8H2,1-2H3. The summed E-state index contributed by atoms with van der Waals surface area (Å²) >= 11 is 5.94. The molecule has 0 radical (unpaired) electrons. The van der Waals surface area contributed by atoms with Crippen LogP contribution in [0.1, 0.15) is 38.4 Å². The van der Waals surface area contributed by atoms with Crippen molar-refractivity contribution in [3.05, 3.63) is 18.0 Å². The quantitative estimate of drug-likeness (QED) is 0.702. The van der Waals surface area contributed by atoms with Gasteiger partial charge in [0.05, 0.1) is 5.69 Å². The average Bonchev–Trinajstić information content (AvgIpc) is 2.75. The van der Waals surface area contributed by atoms with Crippen LogP contribution in [0.25, 0.3) is 0 Å². The molecule has 0 unspecified atom stereocenters. The van der Waals surface area contributed by atoms with Gasteiger partial charge in [-0.3, -0.25) is 4.68 Å². The maximum atomic E-state index is 5.94. The van der Waals surface area contributed by atoms with Gasteiger partial charge in [0.2, 0.25) is 0 Å². The second kappa shape index (κ2) is 3.58. The van der Waals surface area contributed by atoms with Crippen LogP contribution in [0.4, 0.5) is 0 Å². The number of rotatable bonds is 4. The second-order valence-corrected chi connectivity index (χ2v) is 4.96. The molecule has 78 valence electrons. The van der Waals surface area contributed by atoms with Crippen LogP contribution in [-0.2, 0) is 6.42 Å². The normalized spacial score (nSPS) is 18.9. The van der Waals surface area contributed by atoms with Crippen molar-refractivity contribution >= 4 is 11.6 Å². The van der Waals surface area contributed by atoms with E-state index >= 15 is 0 Å². The smallest absolute Gasteiger partial charge is 0.0630 e. The molecule has 1 aromatic heterocycles. The number of hydrogen-bond donors (Lipinski definition) is 0. The highest BCUT2D eigenvalue weighted by Crippen LogP contribution is 2.48. The number of alkyl halides is 1. The predicted molar refractivity (Wildman–Crippen MR) is 58.7 cm³/mol. The van der Waals surface area contributed by atoms with Crippen LogP contribution in [0.15, 0.2) is 12.3 Å². The minimum Gasteiger partial charge on any atom is -0.270 e. The lowest BCUT2D eigenvalue weighted by Crippen LogP contribution is -2.08. The van der Waals surface area contributed by atoms with Crippen molar-refractivity contribution in [2.75, 3.05) is 5.88 Å². The molecule has 3 heteroatoms. The van der Waals surface area contributed by atoms with Gasteiger partial charge in [-0.2, -0.15) is 5.10 Å². The van der Waals surface area contributed by atoms with Crippen molar-refractivity contribution in [1.29, 1.82) is 0 Å². The zero-order chi connectivity index (χ0) is 10.2. The Labute approximate surface area is 90.3 Å². The topological polar surface area (TPSA) is 17.8 Å². The fraction of sp³-hybridized carbons (Fsp3) is 0.727. The van der Waals surface area contributed by atoms with Crippen molar-refractivity contribution in [3.63, 3.8) is 0 Å². The third kappa shape index (κ3) is 1.95. The van der Waals surface area contributed by atoms with Crippen LogP contribution in [0, 0.1) is 5.41 Å². The molecule has 0 aromatic carbocycles. The van der Waals surface area contributed by atoms with Crippen LogP contribution in [-0.4, -0.2) is 15.7 Å². The summed E-state index contributed by atoms with van der Waals surface area (Å²) in [5.74, 6) is 0.779. The zero-order valence-electron chi connectivity index (χ0n) is 8.83. The van der Waals surface area contributed by atoms with Gasteiger partial charge in [0.25, 0.3) is 0 Å². The summed E-state index contributed by atoms with van der Waals surface area (Å²) in [6.45, 7) is 4.29. The second-order valence-electron chi connectivity index (χ2n) is 4.69. The van der Waals surface area contributed by atoms with E-state index in [1.165, 1.54) is 18.5 Å². The van der Waals surface area contributed by atoms with Crippen LogP contribution < -0.4 is 0 Å². The number of hydrogen-bond acceptors (Lipinski definition) is 1. The van der Waals surface area contributed by atoms with E-state index in [1.54, 1.807) is 0 Å². The summed E-state index contributed by atoms with van der Waals surface area (Å²) in [7, 11) is 0. The molecule has 1 fully saturated rings. The van der Waals surface area contributed by atoms with Crippen molar-refractivity contribution in [1.82, 2.24) is 9.78 Å². The molecule has 1 heterocycles. The van der Waals surface area contributed by atoms with Crippen LogP contribution in [0.5, 0.6) is 0 Å². The van der Waals surface area contributed by atoms with E-state index in [1.807, 2.05) is 4.68 Å². The maximum absolute atomic E-state index is 5.94. The molecule has 1 aromatic rings. The Bertz CT molecular complexity index is 313. The summed E-state index contributed by atoms with van der Waals surface area (Å²) in [6.07, 6.45) is 5.65. The SMILES string of the molecule is CC(C)n1ccc(CC2(CCl)CC2)n1. The fourth-order valence-corrected chi connectivity index (χ4v) is 2.04. The summed E-state index contributed by atoms with van der Waals surface area (Å²) < 4.78 is 2.01. The minimum absolute atomic E-state index is 0.387. The zero-order valence-corrected chi connectivity index (χ0v) is 9.59. The molecule has 2 nitrogen and oxygen atoms in total. The Morgan fingerprint density at radius 2 is 2.29 bits per heavy atom. The molecule has 0 saturated heterocycles. The van der Waals surface area contributed by atoms with E-state index in [2.05, 4.69) is 31.2 Å². The van der Waals surface area contributed by atoms with Gasteiger partial charge in [0.15, 0.2) is 0 Å². The molecule has 1 saturated carbocycles. The summed E-state index contributed by atoms with van der Waals surface area (Å²) in [4.78, 5) is 0. The molecule has 1 aliphatic carbocycles. The Balaban J connectivity index is 2.03. The number of nitrogens with zero attached hydrogens (tertiary/aromatic N) is 2. The Hall–Kier alpha value is -0.500. The van der Waals surface area contributed by atoms with Gasteiger partial charge in [0, 0.05) is 18.1 Å². The molecule has 2 rings (SSSR count). The van der Waals surface area contributed by atoms with E-state index in [-0.39, 0.29) is 0 Å². The minimum atomic E-state index is 0.387. The van der Waals surface area contributed by atoms with E-state index in [9.17, 15) is 0 Å². The van der Waals surface area contributed by atoms with Gasteiger partial charge in [-0.05, 0) is 44.6 Å².